The Bertz CT molecular complexity index is 565. The van der Waals surface area contributed by atoms with Crippen molar-refractivity contribution in [2.45, 2.75) is 32.1 Å². The maximum absolute atomic E-state index is 11.8. The Morgan fingerprint density at radius 2 is 2.10 bits per heavy atom. The molecule has 0 unspecified atom stereocenters. The molecule has 8 nitrogen and oxygen atoms in total. The van der Waals surface area contributed by atoms with Crippen molar-refractivity contribution in [1.82, 2.24) is 15.0 Å². The van der Waals surface area contributed by atoms with Gasteiger partial charge in [0.05, 0.1) is 30.4 Å². The maximum atomic E-state index is 11.8. The van der Waals surface area contributed by atoms with Crippen LogP contribution in [-0.2, 0) is 27.5 Å². The lowest BCUT2D eigenvalue weighted by atomic mass is 10.2. The van der Waals surface area contributed by atoms with Crippen LogP contribution >= 0.6 is 0 Å². The van der Waals surface area contributed by atoms with Gasteiger partial charge >= 0.3 is 5.97 Å². The number of ether oxygens (including phenoxy) is 1. The molecule has 1 aromatic heterocycles. The molecule has 0 saturated carbocycles. The molecular formula is C11H20N4O4S. The lowest BCUT2D eigenvalue weighted by molar-refractivity contribution is 0.0592. The van der Waals surface area contributed by atoms with Crippen molar-refractivity contribution in [1.29, 1.82) is 0 Å². The number of hydrogen-bond acceptors (Lipinski definition) is 7. The van der Waals surface area contributed by atoms with E-state index in [2.05, 4.69) is 15.0 Å². The molecule has 0 fully saturated rings. The Hall–Kier alpha value is -1.48. The first-order valence-corrected chi connectivity index (χ1v) is 7.97. The van der Waals surface area contributed by atoms with Gasteiger partial charge in [0.1, 0.15) is 0 Å². The van der Waals surface area contributed by atoms with Crippen LogP contribution in [0.15, 0.2) is 0 Å². The number of esters is 1. The minimum atomic E-state index is -3.18. The molecule has 2 N–H and O–H groups in total. The van der Waals surface area contributed by atoms with E-state index in [4.69, 9.17) is 5.73 Å². The highest BCUT2D eigenvalue weighted by atomic mass is 32.2. The summed E-state index contributed by atoms with van der Waals surface area (Å²) in [6, 6.07) is 0. The molecule has 1 rings (SSSR count). The van der Waals surface area contributed by atoms with Gasteiger partial charge in [-0.05, 0) is 20.4 Å². The van der Waals surface area contributed by atoms with Crippen LogP contribution in [0.25, 0.3) is 0 Å². The number of aromatic nitrogens is 3. The highest BCUT2D eigenvalue weighted by molar-refractivity contribution is 7.91. The van der Waals surface area contributed by atoms with Crippen molar-refractivity contribution < 1.29 is 17.9 Å². The van der Waals surface area contributed by atoms with Crippen LogP contribution in [0.4, 0.5) is 0 Å². The van der Waals surface area contributed by atoms with Crippen molar-refractivity contribution in [3.05, 3.63) is 11.4 Å². The Balaban J connectivity index is 2.96. The van der Waals surface area contributed by atoms with Crippen molar-refractivity contribution in [2.24, 2.45) is 5.73 Å². The zero-order valence-electron chi connectivity index (χ0n) is 11.9. The van der Waals surface area contributed by atoms with E-state index in [9.17, 15) is 13.2 Å². The molecule has 1 heterocycles. The van der Waals surface area contributed by atoms with Gasteiger partial charge in [-0.1, -0.05) is 5.21 Å². The summed E-state index contributed by atoms with van der Waals surface area (Å²) in [7, 11) is -1.93. The molecule has 0 aromatic carbocycles. The van der Waals surface area contributed by atoms with Crippen molar-refractivity contribution in [2.75, 3.05) is 19.4 Å². The summed E-state index contributed by atoms with van der Waals surface area (Å²) in [6.45, 7) is 3.68. The summed E-state index contributed by atoms with van der Waals surface area (Å²) in [4.78, 5) is 11.5. The second-order valence-corrected chi connectivity index (χ2v) is 7.23. The molecule has 114 valence electrons. The third-order valence-corrected chi connectivity index (χ3v) is 5.09. The SMILES string of the molecule is COC(=O)c1nnn(CCS(=O)(=O)C(C)C)c1CCN. The second kappa shape index (κ2) is 6.80. The lowest BCUT2D eigenvalue weighted by Gasteiger charge is -2.09. The highest BCUT2D eigenvalue weighted by Crippen LogP contribution is 2.09. The van der Waals surface area contributed by atoms with Crippen LogP contribution < -0.4 is 5.73 Å². The Labute approximate surface area is 118 Å². The van der Waals surface area contributed by atoms with Gasteiger partial charge in [-0.2, -0.15) is 0 Å². The molecule has 0 aliphatic heterocycles. The Kier molecular flexibility index (Phi) is 5.63. The monoisotopic (exact) mass is 304 g/mol. The first-order valence-electron chi connectivity index (χ1n) is 6.25. The van der Waals surface area contributed by atoms with E-state index < -0.39 is 21.1 Å². The van der Waals surface area contributed by atoms with Crippen molar-refractivity contribution in [3.8, 4) is 0 Å². The molecule has 20 heavy (non-hydrogen) atoms. The van der Waals surface area contributed by atoms with Crippen LogP contribution in [0.3, 0.4) is 0 Å². The minimum absolute atomic E-state index is 0.0633. The zero-order chi connectivity index (χ0) is 15.3. The van der Waals surface area contributed by atoms with E-state index in [0.717, 1.165) is 0 Å². The first kappa shape index (κ1) is 16.6. The maximum Gasteiger partial charge on any atom is 0.360 e. The first-order chi connectivity index (χ1) is 9.33. The second-order valence-electron chi connectivity index (χ2n) is 4.55. The highest BCUT2D eigenvalue weighted by Gasteiger charge is 2.22. The number of aryl methyl sites for hydroxylation is 1. The number of hydrogen-bond donors (Lipinski definition) is 1. The van der Waals surface area contributed by atoms with Gasteiger partial charge in [0.25, 0.3) is 0 Å². The third kappa shape index (κ3) is 3.76. The molecule has 0 spiro atoms. The standard InChI is InChI=1S/C11H20N4O4S/c1-8(2)20(17,18)7-6-15-9(4-5-12)10(13-14-15)11(16)19-3/h8H,4-7,12H2,1-3H3. The van der Waals surface area contributed by atoms with E-state index in [1.54, 1.807) is 13.8 Å². The summed E-state index contributed by atoms with van der Waals surface area (Å²) >= 11 is 0. The van der Waals surface area contributed by atoms with Gasteiger partial charge < -0.3 is 10.5 Å². The fourth-order valence-corrected chi connectivity index (χ4v) is 2.50. The number of nitrogens with zero attached hydrogens (tertiary/aromatic N) is 3. The number of carbonyl (C=O) groups is 1. The van der Waals surface area contributed by atoms with Crippen LogP contribution in [-0.4, -0.2) is 54.0 Å². The van der Waals surface area contributed by atoms with E-state index >= 15 is 0 Å². The predicted octanol–water partition coefficient (Wildman–Crippen LogP) is -0.611. The van der Waals surface area contributed by atoms with Crippen LogP contribution in [0.1, 0.15) is 30.0 Å². The van der Waals surface area contributed by atoms with Gasteiger partial charge in [0, 0.05) is 6.42 Å². The van der Waals surface area contributed by atoms with Crippen molar-refractivity contribution in [3.63, 3.8) is 0 Å². The lowest BCUT2D eigenvalue weighted by Crippen LogP contribution is -2.23. The molecule has 0 radical (unpaired) electrons. The molecule has 0 aliphatic carbocycles. The molecule has 0 bridgehead atoms. The van der Waals surface area contributed by atoms with E-state index in [1.165, 1.54) is 11.8 Å². The summed E-state index contributed by atoms with van der Waals surface area (Å²) in [5, 5.41) is 7.10. The smallest absolute Gasteiger partial charge is 0.360 e. The van der Waals surface area contributed by atoms with Gasteiger partial charge in [-0.25, -0.2) is 17.9 Å². The molecule has 9 heteroatoms. The summed E-state index contributed by atoms with van der Waals surface area (Å²) in [6.07, 6.45) is 0.374. The number of nitrogens with two attached hydrogens (primary N) is 1. The van der Waals surface area contributed by atoms with Crippen molar-refractivity contribution >= 4 is 15.8 Å². The average Bonchev–Trinajstić information content (AvgIpc) is 2.79. The quantitative estimate of drug-likeness (QED) is 0.668. The summed E-state index contributed by atoms with van der Waals surface area (Å²) < 4.78 is 29.6. The predicted molar refractivity (Wildman–Crippen MR) is 73.0 cm³/mol. The zero-order valence-corrected chi connectivity index (χ0v) is 12.7. The minimum Gasteiger partial charge on any atom is -0.464 e. The van der Waals surface area contributed by atoms with Gasteiger partial charge in [0.15, 0.2) is 15.5 Å². The Morgan fingerprint density at radius 1 is 1.45 bits per heavy atom. The van der Waals surface area contributed by atoms with E-state index in [1.807, 2.05) is 0 Å². The number of carbonyl (C=O) groups excluding carboxylic acids is 1. The number of sulfone groups is 1. The van der Waals surface area contributed by atoms with Crippen LogP contribution in [0.2, 0.25) is 0 Å². The topological polar surface area (TPSA) is 117 Å². The molecule has 0 amide bonds. The fraction of sp³-hybridized carbons (Fsp3) is 0.727. The largest absolute Gasteiger partial charge is 0.464 e. The van der Waals surface area contributed by atoms with E-state index in [-0.39, 0.29) is 18.0 Å². The average molecular weight is 304 g/mol. The number of methoxy groups -OCH3 is 1. The van der Waals surface area contributed by atoms with Gasteiger partial charge in [-0.3, -0.25) is 0 Å². The van der Waals surface area contributed by atoms with E-state index in [0.29, 0.717) is 18.7 Å². The normalized spacial score (nSPS) is 11.8. The molecule has 0 atom stereocenters. The van der Waals surface area contributed by atoms with Crippen LogP contribution in [0.5, 0.6) is 0 Å². The molecular weight excluding hydrogens is 284 g/mol. The van der Waals surface area contributed by atoms with Crippen LogP contribution in [0, 0.1) is 0 Å². The molecule has 0 saturated heterocycles. The summed E-state index contributed by atoms with van der Waals surface area (Å²) in [5.74, 6) is -0.668. The summed E-state index contributed by atoms with van der Waals surface area (Å²) in [5.41, 5.74) is 6.07. The fourth-order valence-electron chi connectivity index (χ4n) is 1.60. The third-order valence-electron chi connectivity index (χ3n) is 2.90. The Morgan fingerprint density at radius 3 is 2.60 bits per heavy atom. The van der Waals surface area contributed by atoms with Gasteiger partial charge in [-0.15, -0.1) is 5.10 Å². The molecule has 0 aliphatic rings. The molecule has 1 aromatic rings. The van der Waals surface area contributed by atoms with Gasteiger partial charge in [0.2, 0.25) is 0 Å². The number of rotatable bonds is 7.